The Bertz CT molecular complexity index is 217. The van der Waals surface area contributed by atoms with Crippen LogP contribution in [0.3, 0.4) is 0 Å². The van der Waals surface area contributed by atoms with Crippen molar-refractivity contribution in [1.82, 2.24) is 10.6 Å². The van der Waals surface area contributed by atoms with Gasteiger partial charge in [0.2, 0.25) is 5.91 Å². The number of carbonyl (C=O) groups excluding carboxylic acids is 1. The van der Waals surface area contributed by atoms with Gasteiger partial charge in [0.25, 0.3) is 0 Å². The van der Waals surface area contributed by atoms with Crippen LogP contribution in [0.5, 0.6) is 0 Å². The highest BCUT2D eigenvalue weighted by atomic mass is 79.9. The van der Waals surface area contributed by atoms with Crippen LogP contribution < -0.4 is 10.6 Å². The van der Waals surface area contributed by atoms with Gasteiger partial charge in [0, 0.05) is 17.4 Å². The van der Waals surface area contributed by atoms with Gasteiger partial charge >= 0.3 is 0 Å². The van der Waals surface area contributed by atoms with Crippen molar-refractivity contribution in [3.05, 3.63) is 11.1 Å². The quantitative estimate of drug-likeness (QED) is 0.831. The van der Waals surface area contributed by atoms with Crippen molar-refractivity contribution in [2.75, 3.05) is 19.6 Å². The molecule has 0 radical (unpaired) electrons. The number of amides is 1. The predicted octanol–water partition coefficient (Wildman–Crippen LogP) is 1.82. The Morgan fingerprint density at radius 2 is 2.07 bits per heavy atom. The lowest BCUT2D eigenvalue weighted by Crippen LogP contribution is -2.32. The van der Waals surface area contributed by atoms with Crippen molar-refractivity contribution < 1.29 is 4.79 Å². The van der Waals surface area contributed by atoms with Crippen LogP contribution in [0.2, 0.25) is 0 Å². The number of carbonyl (C=O) groups is 1. The van der Waals surface area contributed by atoms with Crippen LogP contribution in [0.1, 0.15) is 19.3 Å². The molecule has 1 fully saturated rings. The summed E-state index contributed by atoms with van der Waals surface area (Å²) in [7, 11) is 0. The maximum Gasteiger partial charge on any atom is 0.220 e. The number of hydrogen-bond donors (Lipinski definition) is 2. The van der Waals surface area contributed by atoms with Gasteiger partial charge in [-0.15, -0.1) is 12.4 Å². The smallest absolute Gasteiger partial charge is 0.220 e. The fourth-order valence-electron chi connectivity index (χ4n) is 1.61. The Morgan fingerprint density at radius 3 is 2.60 bits per heavy atom. The molecule has 0 aromatic carbocycles. The van der Waals surface area contributed by atoms with Gasteiger partial charge < -0.3 is 10.6 Å². The Hall–Kier alpha value is -0.0600. The zero-order valence-corrected chi connectivity index (χ0v) is 11.1. The molecule has 1 heterocycles. The van der Waals surface area contributed by atoms with Crippen LogP contribution in [0, 0.1) is 5.92 Å². The molecule has 0 unspecified atom stereocenters. The van der Waals surface area contributed by atoms with Gasteiger partial charge in [-0.25, -0.2) is 0 Å². The number of piperidine rings is 1. The second-order valence-corrected chi connectivity index (χ2v) is 4.81. The normalized spacial score (nSPS) is 16.6. The summed E-state index contributed by atoms with van der Waals surface area (Å²) in [5, 5.41) is 6.11. The van der Waals surface area contributed by atoms with E-state index in [1.54, 1.807) is 0 Å². The molecule has 88 valence electrons. The number of rotatable bonds is 4. The van der Waals surface area contributed by atoms with E-state index in [0.29, 0.717) is 18.9 Å². The number of halogens is 2. The van der Waals surface area contributed by atoms with Crippen molar-refractivity contribution in [1.29, 1.82) is 0 Å². The minimum atomic E-state index is 0. The van der Waals surface area contributed by atoms with E-state index in [1.807, 2.05) is 0 Å². The van der Waals surface area contributed by atoms with Crippen LogP contribution in [0.25, 0.3) is 0 Å². The molecule has 1 aliphatic rings. The van der Waals surface area contributed by atoms with Gasteiger partial charge in [0.1, 0.15) is 0 Å². The van der Waals surface area contributed by atoms with Crippen molar-refractivity contribution in [3.63, 3.8) is 0 Å². The zero-order chi connectivity index (χ0) is 10.4. The molecule has 3 nitrogen and oxygen atoms in total. The maximum atomic E-state index is 11.4. The minimum Gasteiger partial charge on any atom is -0.352 e. The summed E-state index contributed by atoms with van der Waals surface area (Å²) in [5.41, 5.74) is 0. The highest BCUT2D eigenvalue weighted by Gasteiger charge is 2.16. The SMILES string of the molecule is C=C(Br)CNC(=O)CC1CCNCC1.Cl. The molecule has 15 heavy (non-hydrogen) atoms. The Labute approximate surface area is 106 Å². The summed E-state index contributed by atoms with van der Waals surface area (Å²) in [6, 6.07) is 0. The fourth-order valence-corrected chi connectivity index (χ4v) is 1.75. The van der Waals surface area contributed by atoms with Crippen molar-refractivity contribution in [3.8, 4) is 0 Å². The Kier molecular flexibility index (Phi) is 8.10. The predicted molar refractivity (Wildman–Crippen MR) is 68.5 cm³/mol. The fraction of sp³-hybridized carbons (Fsp3) is 0.700. The first-order valence-electron chi connectivity index (χ1n) is 4.99. The summed E-state index contributed by atoms with van der Waals surface area (Å²) < 4.78 is 0.816. The average molecular weight is 298 g/mol. The lowest BCUT2D eigenvalue weighted by Gasteiger charge is -2.21. The standard InChI is InChI=1S/C10H17BrN2O.ClH/c1-8(11)7-13-10(14)6-9-2-4-12-5-3-9;/h9,12H,1-7H2,(H,13,14);1H. The molecule has 0 bridgehead atoms. The van der Waals surface area contributed by atoms with Crippen molar-refractivity contribution in [2.24, 2.45) is 5.92 Å². The lowest BCUT2D eigenvalue weighted by atomic mass is 9.94. The average Bonchev–Trinajstić information content (AvgIpc) is 2.16. The third-order valence-electron chi connectivity index (χ3n) is 2.41. The highest BCUT2D eigenvalue weighted by molar-refractivity contribution is 9.11. The van der Waals surface area contributed by atoms with E-state index >= 15 is 0 Å². The molecule has 5 heteroatoms. The molecule has 1 aliphatic heterocycles. The third-order valence-corrected chi connectivity index (χ3v) is 2.69. The summed E-state index contributed by atoms with van der Waals surface area (Å²) in [4.78, 5) is 11.4. The second kappa shape index (κ2) is 8.13. The van der Waals surface area contributed by atoms with Gasteiger partial charge in [-0.05, 0) is 31.8 Å². The molecule has 1 amide bonds. The summed E-state index contributed by atoms with van der Waals surface area (Å²) in [6.45, 7) is 6.29. The molecular weight excluding hydrogens is 279 g/mol. The molecule has 0 spiro atoms. The lowest BCUT2D eigenvalue weighted by molar-refractivity contribution is -0.122. The third kappa shape index (κ3) is 6.93. The van der Waals surface area contributed by atoms with Gasteiger partial charge in [-0.2, -0.15) is 0 Å². The van der Waals surface area contributed by atoms with E-state index in [2.05, 4.69) is 33.1 Å². The van der Waals surface area contributed by atoms with E-state index in [1.165, 1.54) is 0 Å². The van der Waals surface area contributed by atoms with Crippen LogP contribution >= 0.6 is 28.3 Å². The zero-order valence-electron chi connectivity index (χ0n) is 8.72. The molecule has 0 aliphatic carbocycles. The minimum absolute atomic E-state index is 0. The maximum absolute atomic E-state index is 11.4. The highest BCUT2D eigenvalue weighted by Crippen LogP contribution is 2.15. The van der Waals surface area contributed by atoms with E-state index in [0.717, 1.165) is 30.4 Å². The first-order chi connectivity index (χ1) is 6.68. The molecule has 0 aromatic rings. The first-order valence-corrected chi connectivity index (χ1v) is 5.78. The van der Waals surface area contributed by atoms with E-state index < -0.39 is 0 Å². The van der Waals surface area contributed by atoms with Crippen molar-refractivity contribution >= 4 is 34.2 Å². The number of nitrogens with one attached hydrogen (secondary N) is 2. The molecule has 2 N–H and O–H groups in total. The summed E-state index contributed by atoms with van der Waals surface area (Å²) >= 11 is 3.21. The summed E-state index contributed by atoms with van der Waals surface area (Å²) in [5.74, 6) is 0.692. The Balaban J connectivity index is 0.00000196. The summed E-state index contributed by atoms with van der Waals surface area (Å²) in [6.07, 6.45) is 2.88. The van der Waals surface area contributed by atoms with Crippen LogP contribution in [-0.4, -0.2) is 25.5 Å². The topological polar surface area (TPSA) is 41.1 Å². The molecule has 1 saturated heterocycles. The molecule has 0 atom stereocenters. The van der Waals surface area contributed by atoms with E-state index in [9.17, 15) is 4.79 Å². The van der Waals surface area contributed by atoms with Crippen LogP contribution in [0.4, 0.5) is 0 Å². The van der Waals surface area contributed by atoms with E-state index in [-0.39, 0.29) is 18.3 Å². The molecular formula is C10H18BrClN2O. The van der Waals surface area contributed by atoms with Gasteiger partial charge in [-0.1, -0.05) is 22.5 Å². The van der Waals surface area contributed by atoms with E-state index in [4.69, 9.17) is 0 Å². The monoisotopic (exact) mass is 296 g/mol. The van der Waals surface area contributed by atoms with Crippen LogP contribution in [-0.2, 0) is 4.79 Å². The molecule has 0 aromatic heterocycles. The van der Waals surface area contributed by atoms with Gasteiger partial charge in [0.05, 0.1) is 0 Å². The largest absolute Gasteiger partial charge is 0.352 e. The molecule has 0 saturated carbocycles. The first kappa shape index (κ1) is 14.9. The second-order valence-electron chi connectivity index (χ2n) is 3.69. The van der Waals surface area contributed by atoms with Crippen LogP contribution in [0.15, 0.2) is 11.1 Å². The van der Waals surface area contributed by atoms with Crippen molar-refractivity contribution in [2.45, 2.75) is 19.3 Å². The number of hydrogen-bond acceptors (Lipinski definition) is 2. The van der Waals surface area contributed by atoms with Gasteiger partial charge in [-0.3, -0.25) is 4.79 Å². The van der Waals surface area contributed by atoms with Gasteiger partial charge in [0.15, 0.2) is 0 Å². The Morgan fingerprint density at radius 1 is 1.47 bits per heavy atom. The molecule has 1 rings (SSSR count).